The highest BCUT2D eigenvalue weighted by atomic mass is 35.5. The zero-order chi connectivity index (χ0) is 15.5. The van der Waals surface area contributed by atoms with Crippen LogP contribution in [0.5, 0.6) is 0 Å². The minimum absolute atomic E-state index is 0.0576. The second-order valence-corrected chi connectivity index (χ2v) is 7.38. The Morgan fingerprint density at radius 1 is 1.36 bits per heavy atom. The first-order chi connectivity index (χ1) is 10.7. The SMILES string of the molecule is CCCn1c(=NC(=O)C2CCCCC2)sc2cc(Cl)ccc21. The van der Waals surface area contributed by atoms with E-state index in [1.807, 2.05) is 18.2 Å². The lowest BCUT2D eigenvalue weighted by molar-refractivity contribution is -0.122. The van der Waals surface area contributed by atoms with E-state index in [1.165, 1.54) is 6.42 Å². The molecule has 1 aliphatic rings. The van der Waals surface area contributed by atoms with Crippen molar-refractivity contribution in [2.75, 3.05) is 0 Å². The molecule has 1 saturated carbocycles. The molecule has 0 N–H and O–H groups in total. The van der Waals surface area contributed by atoms with Crippen molar-refractivity contribution in [2.45, 2.75) is 52.0 Å². The number of carbonyl (C=O) groups is 1. The monoisotopic (exact) mass is 336 g/mol. The number of amides is 1. The van der Waals surface area contributed by atoms with E-state index in [0.29, 0.717) is 0 Å². The Hall–Kier alpha value is -1.13. The summed E-state index contributed by atoms with van der Waals surface area (Å²) in [6.45, 7) is 3.01. The molecule has 3 rings (SSSR count). The lowest BCUT2D eigenvalue weighted by Gasteiger charge is -2.17. The molecule has 0 radical (unpaired) electrons. The minimum Gasteiger partial charge on any atom is -0.316 e. The van der Waals surface area contributed by atoms with E-state index < -0.39 is 0 Å². The molecule has 0 aliphatic heterocycles. The van der Waals surface area contributed by atoms with E-state index in [2.05, 4.69) is 16.5 Å². The smallest absolute Gasteiger partial charge is 0.251 e. The molecule has 22 heavy (non-hydrogen) atoms. The molecule has 1 aromatic heterocycles. The highest BCUT2D eigenvalue weighted by molar-refractivity contribution is 7.16. The van der Waals surface area contributed by atoms with Crippen molar-refractivity contribution in [2.24, 2.45) is 10.9 Å². The third-order valence-corrected chi connectivity index (χ3v) is 5.53. The number of fused-ring (bicyclic) bond motifs is 1. The van der Waals surface area contributed by atoms with Gasteiger partial charge in [0.1, 0.15) is 0 Å². The summed E-state index contributed by atoms with van der Waals surface area (Å²) in [5.41, 5.74) is 1.12. The second-order valence-electron chi connectivity index (χ2n) is 5.93. The van der Waals surface area contributed by atoms with Gasteiger partial charge in [-0.2, -0.15) is 4.99 Å². The molecular formula is C17H21ClN2OS. The summed E-state index contributed by atoms with van der Waals surface area (Å²) in [5.74, 6) is 0.180. The maximum absolute atomic E-state index is 12.5. The van der Waals surface area contributed by atoms with E-state index in [0.717, 1.165) is 58.7 Å². The Morgan fingerprint density at radius 3 is 2.86 bits per heavy atom. The van der Waals surface area contributed by atoms with Crippen LogP contribution in [-0.4, -0.2) is 10.5 Å². The first kappa shape index (κ1) is 15.8. The molecule has 118 valence electrons. The number of benzene rings is 1. The Morgan fingerprint density at radius 2 is 2.14 bits per heavy atom. The van der Waals surface area contributed by atoms with E-state index >= 15 is 0 Å². The van der Waals surface area contributed by atoms with Crippen LogP contribution in [0.25, 0.3) is 10.2 Å². The molecule has 0 saturated heterocycles. The molecular weight excluding hydrogens is 316 g/mol. The third-order valence-electron chi connectivity index (χ3n) is 4.25. The molecule has 1 fully saturated rings. The van der Waals surface area contributed by atoms with Gasteiger partial charge >= 0.3 is 0 Å². The first-order valence-electron chi connectivity index (χ1n) is 8.06. The van der Waals surface area contributed by atoms with Gasteiger partial charge in [-0.05, 0) is 37.5 Å². The van der Waals surface area contributed by atoms with Crippen molar-refractivity contribution >= 4 is 39.1 Å². The van der Waals surface area contributed by atoms with Crippen LogP contribution in [0.3, 0.4) is 0 Å². The molecule has 1 heterocycles. The van der Waals surface area contributed by atoms with Crippen LogP contribution in [0.2, 0.25) is 5.02 Å². The van der Waals surface area contributed by atoms with Crippen molar-refractivity contribution in [3.05, 3.63) is 28.0 Å². The quantitative estimate of drug-likeness (QED) is 0.794. The van der Waals surface area contributed by atoms with Gasteiger partial charge in [0.25, 0.3) is 5.91 Å². The van der Waals surface area contributed by atoms with Gasteiger partial charge in [-0.15, -0.1) is 0 Å². The molecule has 2 aromatic rings. The fourth-order valence-electron chi connectivity index (χ4n) is 3.11. The summed E-state index contributed by atoms with van der Waals surface area (Å²) < 4.78 is 3.24. The Kier molecular flexibility index (Phi) is 4.99. The fourth-order valence-corrected chi connectivity index (χ4v) is 4.44. The van der Waals surface area contributed by atoms with Crippen LogP contribution in [0.15, 0.2) is 23.2 Å². The molecule has 0 unspecified atom stereocenters. The van der Waals surface area contributed by atoms with Crippen LogP contribution in [0, 0.1) is 5.92 Å². The lowest BCUT2D eigenvalue weighted by atomic mass is 9.89. The molecule has 1 amide bonds. The van der Waals surface area contributed by atoms with Crippen LogP contribution in [0.1, 0.15) is 45.4 Å². The van der Waals surface area contributed by atoms with Crippen molar-refractivity contribution < 1.29 is 4.79 Å². The summed E-state index contributed by atoms with van der Waals surface area (Å²) in [5, 5.41) is 0.725. The number of thiazole rings is 1. The minimum atomic E-state index is 0.0576. The van der Waals surface area contributed by atoms with Crippen LogP contribution in [0.4, 0.5) is 0 Å². The molecule has 0 bridgehead atoms. The Balaban J connectivity index is 2.02. The lowest BCUT2D eigenvalue weighted by Crippen LogP contribution is -2.21. The van der Waals surface area contributed by atoms with Crippen molar-refractivity contribution in [3.63, 3.8) is 0 Å². The third kappa shape index (κ3) is 3.28. The number of rotatable bonds is 3. The number of carbonyl (C=O) groups excluding carboxylic acids is 1. The van der Waals surface area contributed by atoms with Gasteiger partial charge in [0, 0.05) is 17.5 Å². The summed E-state index contributed by atoms with van der Waals surface area (Å²) >= 11 is 7.65. The highest BCUT2D eigenvalue weighted by Crippen LogP contribution is 2.25. The van der Waals surface area contributed by atoms with Gasteiger partial charge < -0.3 is 4.57 Å². The van der Waals surface area contributed by atoms with Crippen LogP contribution >= 0.6 is 22.9 Å². The van der Waals surface area contributed by atoms with Crippen LogP contribution in [-0.2, 0) is 11.3 Å². The molecule has 0 spiro atoms. The molecule has 0 atom stereocenters. The predicted molar refractivity (Wildman–Crippen MR) is 92.3 cm³/mol. The van der Waals surface area contributed by atoms with Crippen molar-refractivity contribution in [3.8, 4) is 0 Å². The average molecular weight is 337 g/mol. The molecule has 1 aliphatic carbocycles. The normalized spacial score (nSPS) is 17.3. The zero-order valence-corrected chi connectivity index (χ0v) is 14.4. The predicted octanol–water partition coefficient (Wildman–Crippen LogP) is 4.77. The number of hydrogen-bond acceptors (Lipinski definition) is 2. The van der Waals surface area contributed by atoms with E-state index in [9.17, 15) is 4.79 Å². The Bertz CT molecular complexity index is 741. The van der Waals surface area contributed by atoms with Gasteiger partial charge in [-0.1, -0.05) is 49.1 Å². The van der Waals surface area contributed by atoms with Gasteiger partial charge in [0.2, 0.25) is 0 Å². The summed E-state index contributed by atoms with van der Waals surface area (Å²) in [7, 11) is 0. The topological polar surface area (TPSA) is 34.4 Å². The number of aromatic nitrogens is 1. The molecule has 1 aromatic carbocycles. The average Bonchev–Trinajstić information content (AvgIpc) is 2.85. The van der Waals surface area contributed by atoms with Gasteiger partial charge in [-0.3, -0.25) is 4.79 Å². The van der Waals surface area contributed by atoms with E-state index in [4.69, 9.17) is 11.6 Å². The largest absolute Gasteiger partial charge is 0.316 e. The van der Waals surface area contributed by atoms with Crippen LogP contribution < -0.4 is 4.80 Å². The summed E-state index contributed by atoms with van der Waals surface area (Å²) in [4.78, 5) is 17.8. The fraction of sp³-hybridized carbons (Fsp3) is 0.529. The Labute approximate surface area is 139 Å². The number of hydrogen-bond donors (Lipinski definition) is 0. The summed E-state index contributed by atoms with van der Waals surface area (Å²) in [6.07, 6.45) is 6.56. The molecule has 3 nitrogen and oxygen atoms in total. The number of halogens is 1. The highest BCUT2D eigenvalue weighted by Gasteiger charge is 2.21. The second kappa shape index (κ2) is 6.97. The van der Waals surface area contributed by atoms with E-state index in [1.54, 1.807) is 11.3 Å². The maximum atomic E-state index is 12.5. The van der Waals surface area contributed by atoms with Gasteiger partial charge in [0.15, 0.2) is 4.80 Å². The standard InChI is InChI=1S/C17H21ClN2OS/c1-2-10-20-14-9-8-13(18)11-15(14)22-17(20)19-16(21)12-6-4-3-5-7-12/h8-9,11-12H,2-7,10H2,1H3. The maximum Gasteiger partial charge on any atom is 0.251 e. The van der Waals surface area contributed by atoms with Crippen molar-refractivity contribution in [1.82, 2.24) is 4.57 Å². The van der Waals surface area contributed by atoms with E-state index in [-0.39, 0.29) is 11.8 Å². The van der Waals surface area contributed by atoms with Gasteiger partial charge in [-0.25, -0.2) is 0 Å². The number of aryl methyl sites for hydroxylation is 1. The first-order valence-corrected chi connectivity index (χ1v) is 9.26. The van der Waals surface area contributed by atoms with Crippen molar-refractivity contribution in [1.29, 1.82) is 0 Å². The zero-order valence-electron chi connectivity index (χ0n) is 12.8. The number of nitrogens with zero attached hydrogens (tertiary/aromatic N) is 2. The molecule has 5 heteroatoms. The van der Waals surface area contributed by atoms with Gasteiger partial charge in [0.05, 0.1) is 10.2 Å². The summed E-state index contributed by atoms with van der Waals surface area (Å²) in [6, 6.07) is 5.88.